The number of carboxylic acid groups (broad SMARTS) is 1. The molecular formula is C4H6NNaO4. The molecule has 0 aromatic heterocycles. The molecule has 0 heterocycles. The van der Waals surface area contributed by atoms with Crippen LogP contribution < -0.4 is 40.6 Å². The number of nitrogens with two attached hydrogens (primary N) is 1. The summed E-state index contributed by atoms with van der Waals surface area (Å²) in [6, 6.07) is 0. The van der Waals surface area contributed by atoms with Gasteiger partial charge in [-0.15, -0.1) is 0 Å². The number of aliphatic carboxylic acids is 1. The van der Waals surface area contributed by atoms with E-state index in [2.05, 4.69) is 10.7 Å². The quantitative estimate of drug-likeness (QED) is 0.325. The van der Waals surface area contributed by atoms with Crippen LogP contribution in [0.15, 0.2) is 0 Å². The summed E-state index contributed by atoms with van der Waals surface area (Å²) in [6.45, 7) is 0. The van der Waals surface area contributed by atoms with Crippen molar-refractivity contribution >= 4 is 11.9 Å². The van der Waals surface area contributed by atoms with Crippen molar-refractivity contribution in [2.24, 2.45) is 5.90 Å². The average Bonchev–Trinajstić information content (AvgIpc) is 1.83. The fourth-order valence-corrected chi connectivity index (χ4v) is 0.263. The standard InChI is InChI=1S/C4H7NO4.Na/c5-9-4(8)2-1-3(6)7;/h1-2,5H2,(H,6,7);/q;+1/p-1. The van der Waals surface area contributed by atoms with Gasteiger partial charge in [0.15, 0.2) is 0 Å². The summed E-state index contributed by atoms with van der Waals surface area (Å²) < 4.78 is 0. The van der Waals surface area contributed by atoms with Gasteiger partial charge in [0.05, 0.1) is 6.42 Å². The SMILES string of the molecule is NOC(=O)CCC(=O)[O-].[Na+]. The molecule has 0 unspecified atom stereocenters. The van der Waals surface area contributed by atoms with Gasteiger partial charge < -0.3 is 14.7 Å². The van der Waals surface area contributed by atoms with Gasteiger partial charge in [0.2, 0.25) is 0 Å². The van der Waals surface area contributed by atoms with Gasteiger partial charge in [0.1, 0.15) is 0 Å². The van der Waals surface area contributed by atoms with E-state index in [-0.39, 0.29) is 42.4 Å². The number of carbonyl (C=O) groups is 2. The van der Waals surface area contributed by atoms with E-state index in [9.17, 15) is 14.7 Å². The third-order valence-corrected chi connectivity index (χ3v) is 0.665. The zero-order valence-corrected chi connectivity index (χ0v) is 7.62. The van der Waals surface area contributed by atoms with Gasteiger partial charge in [-0.25, -0.2) is 0 Å². The van der Waals surface area contributed by atoms with Gasteiger partial charge >= 0.3 is 35.5 Å². The Bertz CT molecular complexity index is 126. The molecule has 6 heteroatoms. The van der Waals surface area contributed by atoms with E-state index in [4.69, 9.17) is 0 Å². The summed E-state index contributed by atoms with van der Waals surface area (Å²) in [7, 11) is 0. The number of hydrogen-bond acceptors (Lipinski definition) is 5. The van der Waals surface area contributed by atoms with Crippen LogP contribution in [0, 0.1) is 0 Å². The topological polar surface area (TPSA) is 92.5 Å². The monoisotopic (exact) mass is 155 g/mol. The van der Waals surface area contributed by atoms with Crippen LogP contribution >= 0.6 is 0 Å². The molecule has 0 aliphatic heterocycles. The second kappa shape index (κ2) is 7.01. The number of carbonyl (C=O) groups excluding carboxylic acids is 2. The summed E-state index contributed by atoms with van der Waals surface area (Å²) in [5.41, 5.74) is 0. The maximum atomic E-state index is 10.1. The number of rotatable bonds is 3. The number of carboxylic acids is 1. The largest absolute Gasteiger partial charge is 1.00 e. The van der Waals surface area contributed by atoms with Crippen LogP contribution in [0.5, 0.6) is 0 Å². The van der Waals surface area contributed by atoms with Crippen molar-refractivity contribution in [1.82, 2.24) is 0 Å². The summed E-state index contributed by atoms with van der Waals surface area (Å²) in [6.07, 6.45) is -0.588. The fourth-order valence-electron chi connectivity index (χ4n) is 0.263. The Morgan fingerprint density at radius 2 is 1.90 bits per heavy atom. The molecule has 0 radical (unpaired) electrons. The smallest absolute Gasteiger partial charge is 0.550 e. The van der Waals surface area contributed by atoms with Crippen LogP contribution in [0.4, 0.5) is 0 Å². The van der Waals surface area contributed by atoms with Crippen molar-refractivity contribution in [3.63, 3.8) is 0 Å². The first-order valence-electron chi connectivity index (χ1n) is 2.26. The van der Waals surface area contributed by atoms with E-state index in [1.807, 2.05) is 0 Å². The van der Waals surface area contributed by atoms with Crippen LogP contribution in [0.1, 0.15) is 12.8 Å². The predicted octanol–water partition coefficient (Wildman–Crippen LogP) is -5.06. The molecule has 2 N–H and O–H groups in total. The molecule has 0 saturated heterocycles. The molecule has 0 aromatic carbocycles. The molecule has 0 aromatic rings. The molecule has 0 bridgehead atoms. The van der Waals surface area contributed by atoms with Crippen LogP contribution in [0.25, 0.3) is 0 Å². The van der Waals surface area contributed by atoms with E-state index in [0.717, 1.165) is 0 Å². The second-order valence-electron chi connectivity index (χ2n) is 1.36. The van der Waals surface area contributed by atoms with Gasteiger partial charge in [-0.05, 0) is 6.42 Å². The second-order valence-corrected chi connectivity index (χ2v) is 1.36. The van der Waals surface area contributed by atoms with Gasteiger partial charge in [-0.2, -0.15) is 5.90 Å². The van der Waals surface area contributed by atoms with Crippen molar-refractivity contribution in [3.8, 4) is 0 Å². The Morgan fingerprint density at radius 1 is 1.40 bits per heavy atom. The van der Waals surface area contributed by atoms with Crippen molar-refractivity contribution < 1.29 is 49.1 Å². The number of hydrogen-bond donors (Lipinski definition) is 1. The van der Waals surface area contributed by atoms with Gasteiger partial charge in [0, 0.05) is 5.97 Å². The molecule has 0 amide bonds. The molecule has 0 fully saturated rings. The summed E-state index contributed by atoms with van der Waals surface area (Å²) in [5, 5.41) is 9.66. The molecule has 0 rings (SSSR count). The predicted molar refractivity (Wildman–Crippen MR) is 24.5 cm³/mol. The normalized spacial score (nSPS) is 7.70. The van der Waals surface area contributed by atoms with Crippen molar-refractivity contribution in [2.45, 2.75) is 12.8 Å². The van der Waals surface area contributed by atoms with Crippen LogP contribution in [-0.4, -0.2) is 11.9 Å². The van der Waals surface area contributed by atoms with Gasteiger partial charge in [0.25, 0.3) is 0 Å². The third-order valence-electron chi connectivity index (χ3n) is 0.665. The molecule has 0 aliphatic carbocycles. The minimum Gasteiger partial charge on any atom is -0.550 e. The summed E-state index contributed by atoms with van der Waals surface area (Å²) in [4.78, 5) is 23.4. The first-order chi connectivity index (χ1) is 4.16. The Kier molecular flexibility index (Phi) is 8.81. The van der Waals surface area contributed by atoms with E-state index >= 15 is 0 Å². The zero-order valence-electron chi connectivity index (χ0n) is 5.62. The van der Waals surface area contributed by atoms with Crippen LogP contribution in [0.3, 0.4) is 0 Å². The molecule has 0 atom stereocenters. The Balaban J connectivity index is 0. The molecule has 5 nitrogen and oxygen atoms in total. The van der Waals surface area contributed by atoms with Crippen LogP contribution in [-0.2, 0) is 14.4 Å². The zero-order chi connectivity index (χ0) is 7.28. The first-order valence-corrected chi connectivity index (χ1v) is 2.26. The minimum absolute atomic E-state index is 0. The van der Waals surface area contributed by atoms with Gasteiger partial charge in [-0.1, -0.05) is 0 Å². The van der Waals surface area contributed by atoms with E-state index in [1.54, 1.807) is 0 Å². The molecule has 0 aliphatic rings. The van der Waals surface area contributed by atoms with E-state index < -0.39 is 11.9 Å². The Hall–Kier alpha value is -0.100. The van der Waals surface area contributed by atoms with Crippen molar-refractivity contribution in [3.05, 3.63) is 0 Å². The molecule has 0 saturated carbocycles. The minimum atomic E-state index is -1.29. The van der Waals surface area contributed by atoms with Crippen molar-refractivity contribution in [1.29, 1.82) is 0 Å². The van der Waals surface area contributed by atoms with E-state index in [0.29, 0.717) is 0 Å². The molecule has 0 spiro atoms. The average molecular weight is 155 g/mol. The first kappa shape index (κ1) is 12.6. The maximum absolute atomic E-state index is 10.1. The maximum Gasteiger partial charge on any atom is 1.00 e. The summed E-state index contributed by atoms with van der Waals surface area (Å²) in [5.74, 6) is 2.35. The Morgan fingerprint density at radius 3 is 2.20 bits per heavy atom. The molecular weight excluding hydrogens is 149 g/mol. The van der Waals surface area contributed by atoms with Gasteiger partial charge in [-0.3, -0.25) is 4.79 Å². The fraction of sp³-hybridized carbons (Fsp3) is 0.500. The Labute approximate surface area is 79.8 Å². The molecule has 52 valence electrons. The summed E-state index contributed by atoms with van der Waals surface area (Å²) >= 11 is 0. The van der Waals surface area contributed by atoms with Crippen LogP contribution in [0.2, 0.25) is 0 Å². The third kappa shape index (κ3) is 7.90. The van der Waals surface area contributed by atoms with E-state index in [1.165, 1.54) is 0 Å². The van der Waals surface area contributed by atoms with Crippen molar-refractivity contribution in [2.75, 3.05) is 0 Å². The molecule has 10 heavy (non-hydrogen) atoms.